The minimum atomic E-state index is -4.48. The van der Waals surface area contributed by atoms with E-state index in [-0.39, 0.29) is 39.7 Å². The van der Waals surface area contributed by atoms with Gasteiger partial charge in [-0.05, 0) is 43.3 Å². The van der Waals surface area contributed by atoms with Crippen LogP contribution < -0.4 is 5.32 Å². The number of amides is 1. The minimum absolute atomic E-state index is 0.00686. The van der Waals surface area contributed by atoms with E-state index in [9.17, 15) is 22.4 Å². The maximum absolute atomic E-state index is 14.0. The summed E-state index contributed by atoms with van der Waals surface area (Å²) in [6, 6.07) is 8.36. The molecule has 5 aromatic rings. The van der Waals surface area contributed by atoms with E-state index in [1.807, 2.05) is 0 Å². The zero-order chi connectivity index (χ0) is 25.4. The van der Waals surface area contributed by atoms with Crippen LogP contribution in [0.2, 0.25) is 0 Å². The number of H-pyrrole nitrogens is 1. The van der Waals surface area contributed by atoms with Crippen LogP contribution in [0.25, 0.3) is 33.8 Å². The summed E-state index contributed by atoms with van der Waals surface area (Å²) in [4.78, 5) is 31.3. The van der Waals surface area contributed by atoms with Gasteiger partial charge in [0.05, 0.1) is 33.9 Å². The summed E-state index contributed by atoms with van der Waals surface area (Å²) in [5, 5.41) is 6.59. The molecule has 1 aromatic carbocycles. The van der Waals surface area contributed by atoms with E-state index in [4.69, 9.17) is 4.52 Å². The third-order valence-electron chi connectivity index (χ3n) is 5.29. The molecule has 0 saturated carbocycles. The number of nitrogens with one attached hydrogen (secondary N) is 2. The lowest BCUT2D eigenvalue weighted by Crippen LogP contribution is -2.27. The average Bonchev–Trinajstić information content (AvgIpc) is 3.51. The smallest absolute Gasteiger partial charge is 0.358 e. The molecule has 9 nitrogen and oxygen atoms in total. The number of carbonyl (C=O) groups is 1. The monoisotopic (exact) mass is 497 g/mol. The number of fused-ring (bicyclic) bond motifs is 1. The van der Waals surface area contributed by atoms with E-state index < -0.39 is 29.6 Å². The van der Waals surface area contributed by atoms with E-state index in [1.165, 1.54) is 30.5 Å². The first-order chi connectivity index (χ1) is 17.2. The van der Waals surface area contributed by atoms with Gasteiger partial charge in [0.1, 0.15) is 17.7 Å². The second-order valence-electron chi connectivity index (χ2n) is 7.76. The Labute approximate surface area is 199 Å². The van der Waals surface area contributed by atoms with Crippen LogP contribution in [-0.2, 0) is 6.18 Å². The van der Waals surface area contributed by atoms with Gasteiger partial charge in [-0.2, -0.15) is 17.6 Å². The number of alkyl halides is 3. The molecule has 0 aliphatic rings. The SMILES string of the molecule is C[C@@H](NC(=O)c1cc(-c2cccnc2F)ncn1)c1cc(-c2nc3ccc(C(F)(F)F)cc3[nH]2)no1. The molecule has 2 N–H and O–H groups in total. The lowest BCUT2D eigenvalue weighted by Gasteiger charge is -2.10. The standard InChI is InChI=1S/C23H15F4N7O2/c1-11(31-22(35)18-8-15(29-10-30-18)13-3-2-6-28-20(13)24)19-9-17(34-36-19)21-32-14-5-4-12(23(25,26)27)7-16(14)33-21/h2-11H,1H3,(H,31,35)(H,32,33)/t11-/m1/s1. The van der Waals surface area contributed by atoms with Gasteiger partial charge in [0.15, 0.2) is 11.6 Å². The van der Waals surface area contributed by atoms with E-state index in [0.29, 0.717) is 5.52 Å². The Bertz CT molecular complexity index is 1580. The summed E-state index contributed by atoms with van der Waals surface area (Å²) in [5.41, 5.74) is 0.259. The zero-order valence-electron chi connectivity index (χ0n) is 18.3. The first kappa shape index (κ1) is 23.1. The number of hydrogen-bond acceptors (Lipinski definition) is 7. The van der Waals surface area contributed by atoms with Crippen LogP contribution in [0, 0.1) is 5.95 Å². The summed E-state index contributed by atoms with van der Waals surface area (Å²) in [5.74, 6) is -0.832. The Morgan fingerprint density at radius 1 is 1.08 bits per heavy atom. The van der Waals surface area contributed by atoms with Crippen LogP contribution in [0.5, 0.6) is 0 Å². The number of benzene rings is 1. The number of aromatic nitrogens is 6. The van der Waals surface area contributed by atoms with Crippen LogP contribution in [0.1, 0.15) is 34.8 Å². The molecule has 182 valence electrons. The maximum atomic E-state index is 14.0. The zero-order valence-corrected chi connectivity index (χ0v) is 18.3. The Kier molecular flexibility index (Phi) is 5.66. The van der Waals surface area contributed by atoms with Crippen molar-refractivity contribution in [3.8, 4) is 22.8 Å². The molecular weight excluding hydrogens is 482 g/mol. The Hall–Kier alpha value is -4.68. The average molecular weight is 497 g/mol. The molecule has 4 aromatic heterocycles. The van der Waals surface area contributed by atoms with Crippen molar-refractivity contribution in [1.29, 1.82) is 0 Å². The van der Waals surface area contributed by atoms with Gasteiger partial charge < -0.3 is 14.8 Å². The van der Waals surface area contributed by atoms with Gasteiger partial charge >= 0.3 is 6.18 Å². The maximum Gasteiger partial charge on any atom is 0.416 e. The Balaban J connectivity index is 1.33. The van der Waals surface area contributed by atoms with E-state index in [1.54, 1.807) is 13.0 Å². The molecule has 0 aliphatic carbocycles. The van der Waals surface area contributed by atoms with Crippen molar-refractivity contribution in [2.45, 2.75) is 19.1 Å². The molecule has 13 heteroatoms. The molecule has 0 fully saturated rings. The van der Waals surface area contributed by atoms with Crippen molar-refractivity contribution in [1.82, 2.24) is 35.4 Å². The summed E-state index contributed by atoms with van der Waals surface area (Å²) in [6.07, 6.45) is -2.05. The number of halogens is 4. The molecule has 0 saturated heterocycles. The molecule has 1 amide bonds. The van der Waals surface area contributed by atoms with E-state index in [0.717, 1.165) is 18.5 Å². The van der Waals surface area contributed by atoms with Gasteiger partial charge in [0.25, 0.3) is 5.91 Å². The van der Waals surface area contributed by atoms with Crippen molar-refractivity contribution >= 4 is 16.9 Å². The first-order valence-electron chi connectivity index (χ1n) is 10.5. The topological polar surface area (TPSA) is 122 Å². The Morgan fingerprint density at radius 3 is 2.69 bits per heavy atom. The number of hydrogen-bond donors (Lipinski definition) is 2. The van der Waals surface area contributed by atoms with Crippen molar-refractivity contribution < 1.29 is 26.9 Å². The predicted octanol–water partition coefficient (Wildman–Crippen LogP) is 4.72. The highest BCUT2D eigenvalue weighted by Crippen LogP contribution is 2.32. The van der Waals surface area contributed by atoms with Crippen LogP contribution in [0.3, 0.4) is 0 Å². The number of rotatable bonds is 5. The first-order valence-corrected chi connectivity index (χ1v) is 10.5. The summed E-state index contributed by atoms with van der Waals surface area (Å²) in [7, 11) is 0. The van der Waals surface area contributed by atoms with Crippen molar-refractivity contribution in [2.75, 3.05) is 0 Å². The largest absolute Gasteiger partial charge is 0.416 e. The molecular formula is C23H15F4N7O2. The summed E-state index contributed by atoms with van der Waals surface area (Å²) >= 11 is 0. The second kappa shape index (κ2) is 8.83. The summed E-state index contributed by atoms with van der Waals surface area (Å²) < 4.78 is 58.2. The number of aromatic amines is 1. The summed E-state index contributed by atoms with van der Waals surface area (Å²) in [6.45, 7) is 1.64. The molecule has 5 rings (SSSR count). The molecule has 0 aliphatic heterocycles. The van der Waals surface area contributed by atoms with Gasteiger partial charge in [-0.15, -0.1) is 0 Å². The fourth-order valence-electron chi connectivity index (χ4n) is 3.46. The van der Waals surface area contributed by atoms with Crippen LogP contribution in [0.15, 0.2) is 59.5 Å². The lowest BCUT2D eigenvalue weighted by molar-refractivity contribution is -0.137. The van der Waals surface area contributed by atoms with Gasteiger partial charge in [-0.1, -0.05) is 5.16 Å². The number of carbonyl (C=O) groups excluding carboxylic acids is 1. The van der Waals surface area contributed by atoms with Gasteiger partial charge in [0.2, 0.25) is 5.95 Å². The Morgan fingerprint density at radius 2 is 1.92 bits per heavy atom. The third-order valence-corrected chi connectivity index (χ3v) is 5.29. The molecule has 0 bridgehead atoms. The van der Waals surface area contributed by atoms with E-state index >= 15 is 0 Å². The molecule has 1 atom stereocenters. The van der Waals surface area contributed by atoms with E-state index in [2.05, 4.69) is 35.4 Å². The van der Waals surface area contributed by atoms with Crippen molar-refractivity contribution in [3.63, 3.8) is 0 Å². The predicted molar refractivity (Wildman–Crippen MR) is 118 cm³/mol. The van der Waals surface area contributed by atoms with Gasteiger partial charge in [-0.25, -0.2) is 19.9 Å². The quantitative estimate of drug-likeness (QED) is 0.266. The van der Waals surface area contributed by atoms with Gasteiger partial charge in [-0.3, -0.25) is 4.79 Å². The minimum Gasteiger partial charge on any atom is -0.358 e. The van der Waals surface area contributed by atoms with Crippen LogP contribution in [-0.4, -0.2) is 36.0 Å². The second-order valence-corrected chi connectivity index (χ2v) is 7.76. The molecule has 0 spiro atoms. The molecule has 0 radical (unpaired) electrons. The fraction of sp³-hybridized carbons (Fsp3) is 0.130. The number of pyridine rings is 1. The molecule has 4 heterocycles. The normalized spacial score (nSPS) is 12.6. The van der Waals surface area contributed by atoms with Crippen LogP contribution >= 0.6 is 0 Å². The highest BCUT2D eigenvalue weighted by molar-refractivity contribution is 5.93. The van der Waals surface area contributed by atoms with Crippen molar-refractivity contribution in [3.05, 3.63) is 78.0 Å². The highest BCUT2D eigenvalue weighted by atomic mass is 19.4. The van der Waals surface area contributed by atoms with Gasteiger partial charge in [0, 0.05) is 12.3 Å². The fourth-order valence-corrected chi connectivity index (χ4v) is 3.46. The number of imidazole rings is 1. The number of nitrogens with zero attached hydrogens (tertiary/aromatic N) is 5. The molecule has 0 unspecified atom stereocenters. The lowest BCUT2D eigenvalue weighted by atomic mass is 10.1. The third kappa shape index (κ3) is 4.50. The highest BCUT2D eigenvalue weighted by Gasteiger charge is 2.31. The molecule has 36 heavy (non-hydrogen) atoms. The van der Waals surface area contributed by atoms with Crippen LogP contribution in [0.4, 0.5) is 17.6 Å². The van der Waals surface area contributed by atoms with Crippen molar-refractivity contribution in [2.24, 2.45) is 0 Å².